The molecule has 2 unspecified atom stereocenters. The number of rotatable bonds is 20. The van der Waals surface area contributed by atoms with E-state index < -0.39 is 64.4 Å². The molecule has 3 rings (SSSR count). The summed E-state index contributed by atoms with van der Waals surface area (Å²) in [5, 5.41) is 22.4. The summed E-state index contributed by atoms with van der Waals surface area (Å²) in [4.78, 5) is 78.1. The molecule has 2 aromatic carbocycles. The Bertz CT molecular complexity index is 1720. The van der Waals surface area contributed by atoms with Gasteiger partial charge < -0.3 is 41.0 Å². The molecule has 2 aromatic rings. The summed E-state index contributed by atoms with van der Waals surface area (Å²) < 4.78 is 16.4. The number of ether oxygens (including phenoxy) is 3. The molecule has 0 saturated carbocycles. The zero-order valence-electron chi connectivity index (χ0n) is 36.6. The summed E-state index contributed by atoms with van der Waals surface area (Å²) in [6, 6.07) is 13.2. The Balaban J connectivity index is 1.61. The van der Waals surface area contributed by atoms with E-state index in [0.717, 1.165) is 11.1 Å². The summed E-state index contributed by atoms with van der Waals surface area (Å²) in [5.41, 5.74) is 5.73. The van der Waals surface area contributed by atoms with Crippen molar-refractivity contribution in [2.75, 3.05) is 38.2 Å². The Morgan fingerprint density at radius 1 is 0.800 bits per heavy atom. The van der Waals surface area contributed by atoms with Crippen LogP contribution in [0.1, 0.15) is 86.3 Å². The minimum atomic E-state index is -1.45. The number of hydrogen-bond donors (Lipinski definition) is 6. The second-order valence-electron chi connectivity index (χ2n) is 18.3. The number of carbonyl (C=O) groups excluding carboxylic acids is 6. The monoisotopic (exact) mass is 838 g/mol. The van der Waals surface area contributed by atoms with Crippen molar-refractivity contribution in [3.63, 3.8) is 0 Å². The molecular weight excluding hydrogens is 773 g/mol. The van der Waals surface area contributed by atoms with Gasteiger partial charge in [-0.2, -0.15) is 0 Å². The number of nitrogens with zero attached hydrogens (tertiary/aromatic N) is 1. The van der Waals surface area contributed by atoms with Gasteiger partial charge in [-0.1, -0.05) is 84.0 Å². The second kappa shape index (κ2) is 22.0. The third-order valence-electron chi connectivity index (χ3n) is 10.0. The number of primary amides is 1. The van der Waals surface area contributed by atoms with Crippen LogP contribution in [0.4, 0.5) is 15.3 Å². The van der Waals surface area contributed by atoms with E-state index in [1.54, 1.807) is 45.0 Å². The quantitative estimate of drug-likeness (QED) is 0.0472. The zero-order valence-corrected chi connectivity index (χ0v) is 36.6. The van der Waals surface area contributed by atoms with Crippen molar-refractivity contribution in [2.45, 2.75) is 106 Å². The van der Waals surface area contributed by atoms with Gasteiger partial charge in [-0.25, -0.2) is 9.59 Å². The summed E-state index contributed by atoms with van der Waals surface area (Å²) in [5.74, 6) is -2.16. The first-order chi connectivity index (χ1) is 28.0. The number of amides is 6. The number of benzene rings is 2. The predicted octanol–water partition coefficient (Wildman–Crippen LogP) is 4.49. The van der Waals surface area contributed by atoms with Crippen LogP contribution < -0.4 is 27.0 Å². The van der Waals surface area contributed by atoms with Crippen molar-refractivity contribution in [1.29, 1.82) is 0 Å². The molecule has 1 aliphatic rings. The Hall–Kier alpha value is -5.06. The molecule has 0 bridgehead atoms. The largest absolute Gasteiger partial charge is 0.460 e. The van der Waals surface area contributed by atoms with Crippen LogP contribution in [0.3, 0.4) is 0 Å². The van der Waals surface area contributed by atoms with Crippen LogP contribution in [-0.4, -0.2) is 97.0 Å². The first-order valence-corrected chi connectivity index (χ1v) is 20.4. The van der Waals surface area contributed by atoms with Crippen molar-refractivity contribution in [1.82, 2.24) is 20.9 Å². The molecular formula is C44H66N6O10. The number of aliphatic hydroxyl groups is 1. The van der Waals surface area contributed by atoms with Crippen molar-refractivity contribution in [2.24, 2.45) is 33.8 Å². The van der Waals surface area contributed by atoms with Crippen molar-refractivity contribution < 1.29 is 48.1 Å². The number of aliphatic hydroxyl groups excluding tert-OH is 1. The molecule has 1 heterocycles. The smallest absolute Gasteiger partial charge is 0.407 e. The molecule has 5 atom stereocenters. The van der Waals surface area contributed by atoms with Gasteiger partial charge >= 0.3 is 18.1 Å². The number of likely N-dealkylation sites (tertiary alicyclic amines) is 1. The first kappa shape index (κ1) is 49.3. The number of nitrogens with one attached hydrogen (secondary N) is 4. The van der Waals surface area contributed by atoms with E-state index in [1.165, 1.54) is 4.90 Å². The average Bonchev–Trinajstić information content (AvgIpc) is 3.42. The molecule has 6 amide bonds. The van der Waals surface area contributed by atoms with Crippen LogP contribution in [0.25, 0.3) is 0 Å². The van der Waals surface area contributed by atoms with E-state index in [4.69, 9.17) is 19.9 Å². The van der Waals surface area contributed by atoms with Crippen LogP contribution in [0.15, 0.2) is 54.6 Å². The van der Waals surface area contributed by atoms with Gasteiger partial charge in [-0.3, -0.25) is 29.4 Å². The molecule has 332 valence electrons. The van der Waals surface area contributed by atoms with E-state index in [2.05, 4.69) is 21.3 Å². The fourth-order valence-electron chi connectivity index (χ4n) is 6.85. The highest BCUT2D eigenvalue weighted by Crippen LogP contribution is 2.47. The van der Waals surface area contributed by atoms with Crippen molar-refractivity contribution in [3.8, 4) is 0 Å². The van der Waals surface area contributed by atoms with Gasteiger partial charge in [0.1, 0.15) is 19.4 Å². The van der Waals surface area contributed by atoms with Gasteiger partial charge in [0.05, 0.1) is 49.1 Å². The molecule has 16 nitrogen and oxygen atoms in total. The normalized spacial score (nSPS) is 17.4. The van der Waals surface area contributed by atoms with Crippen LogP contribution in [0.5, 0.6) is 0 Å². The standard InChI is InChI=1S/C44H66N6O10/c1-42(2,3)33-34(43(4,5)6)38(54)50(37(33)53)22-23-58-24-25-59-41(57)49-32(26-28-14-11-10-12-15-28)36(52)48-31(16-13-21-46-40(45)56)35(51)47-30-19-17-29(18-20-30)27-60-39(55)44(7,8)9/h10-12,14-15,17-20,31-34,36,48,52H,13,16,21-27H2,1-9H3,(H,47,51)(H,49,57)(H3,45,46,56)/t31-,32+,33?,34?,36+/m0/s1. The Kier molecular flexibility index (Phi) is 18.1. The molecule has 0 aromatic heterocycles. The summed E-state index contributed by atoms with van der Waals surface area (Å²) in [7, 11) is 0. The number of nitrogens with two attached hydrogens (primary N) is 1. The lowest BCUT2D eigenvalue weighted by Crippen LogP contribution is -2.56. The number of urea groups is 1. The number of carbonyl (C=O) groups is 6. The summed E-state index contributed by atoms with van der Waals surface area (Å²) >= 11 is 0. The Labute approximate surface area is 354 Å². The Morgan fingerprint density at radius 3 is 1.95 bits per heavy atom. The topological polar surface area (TPSA) is 228 Å². The van der Waals surface area contributed by atoms with Crippen LogP contribution in [0, 0.1) is 28.1 Å². The van der Waals surface area contributed by atoms with Gasteiger partial charge in [0.15, 0.2) is 0 Å². The summed E-state index contributed by atoms with van der Waals surface area (Å²) in [6.07, 6.45) is -1.62. The fourth-order valence-corrected chi connectivity index (χ4v) is 6.85. The Morgan fingerprint density at radius 2 is 1.40 bits per heavy atom. The average molecular weight is 839 g/mol. The maximum atomic E-state index is 13.6. The molecule has 60 heavy (non-hydrogen) atoms. The van der Waals surface area contributed by atoms with E-state index >= 15 is 0 Å². The molecule has 0 aliphatic carbocycles. The molecule has 7 N–H and O–H groups in total. The molecule has 1 fully saturated rings. The van der Waals surface area contributed by atoms with Crippen molar-refractivity contribution in [3.05, 3.63) is 65.7 Å². The van der Waals surface area contributed by atoms with Gasteiger partial charge in [-0.15, -0.1) is 0 Å². The van der Waals surface area contributed by atoms with E-state index in [1.807, 2.05) is 71.9 Å². The maximum Gasteiger partial charge on any atom is 0.407 e. The van der Waals surface area contributed by atoms with Gasteiger partial charge in [0.2, 0.25) is 17.7 Å². The predicted molar refractivity (Wildman–Crippen MR) is 226 cm³/mol. The van der Waals surface area contributed by atoms with Gasteiger partial charge in [0, 0.05) is 12.2 Å². The lowest BCUT2D eigenvalue weighted by molar-refractivity contribution is -0.154. The SMILES string of the molecule is CC(C)(C)C(=O)OCc1ccc(NC(=O)[C@H](CCCNC(N)=O)N[C@H](O)[C@@H](Cc2ccccc2)NC(=O)OCCOCCN2C(=O)C(C(C)(C)C)C(C(C)(C)C)C2=O)cc1. The molecule has 1 saturated heterocycles. The lowest BCUT2D eigenvalue weighted by Gasteiger charge is -2.35. The van der Waals surface area contributed by atoms with E-state index in [-0.39, 0.29) is 70.1 Å². The van der Waals surface area contributed by atoms with Gasteiger partial charge in [0.25, 0.3) is 0 Å². The highest BCUT2D eigenvalue weighted by atomic mass is 16.6. The summed E-state index contributed by atoms with van der Waals surface area (Å²) in [6.45, 7) is 17.3. The third kappa shape index (κ3) is 15.5. The van der Waals surface area contributed by atoms with Crippen LogP contribution >= 0.6 is 0 Å². The molecule has 0 spiro atoms. The molecule has 1 aliphatic heterocycles. The van der Waals surface area contributed by atoms with Crippen LogP contribution in [-0.2, 0) is 46.4 Å². The first-order valence-electron chi connectivity index (χ1n) is 20.4. The molecule has 0 radical (unpaired) electrons. The lowest BCUT2D eigenvalue weighted by atomic mass is 9.65. The fraction of sp³-hybridized carbons (Fsp3) is 0.591. The van der Waals surface area contributed by atoms with Crippen LogP contribution in [0.2, 0.25) is 0 Å². The second-order valence-corrected chi connectivity index (χ2v) is 18.3. The number of imide groups is 1. The highest BCUT2D eigenvalue weighted by Gasteiger charge is 2.56. The minimum absolute atomic E-state index is 0.0101. The number of hydrogen-bond acceptors (Lipinski definition) is 11. The highest BCUT2D eigenvalue weighted by molar-refractivity contribution is 6.05. The van der Waals surface area contributed by atoms with E-state index in [0.29, 0.717) is 12.1 Å². The third-order valence-corrected chi connectivity index (χ3v) is 10.0. The zero-order chi connectivity index (χ0) is 44.8. The van der Waals surface area contributed by atoms with Gasteiger partial charge in [-0.05, 0) is 74.1 Å². The number of alkyl carbamates (subject to hydrolysis) is 1. The number of anilines is 1. The van der Waals surface area contributed by atoms with Crippen molar-refractivity contribution >= 4 is 41.5 Å². The number of esters is 1. The minimum Gasteiger partial charge on any atom is -0.460 e. The van der Waals surface area contributed by atoms with E-state index in [9.17, 15) is 33.9 Å². The molecule has 16 heteroatoms. The maximum absolute atomic E-state index is 13.6.